The van der Waals surface area contributed by atoms with E-state index in [4.69, 9.17) is 9.47 Å². The summed E-state index contributed by atoms with van der Waals surface area (Å²) in [5.41, 5.74) is -1.43. The molecule has 0 bridgehead atoms. The molecule has 1 amide bonds. The van der Waals surface area contributed by atoms with Gasteiger partial charge in [0.25, 0.3) is 0 Å². The van der Waals surface area contributed by atoms with Gasteiger partial charge in [0, 0.05) is 6.54 Å². The molecule has 1 saturated heterocycles. The van der Waals surface area contributed by atoms with Gasteiger partial charge in [-0.1, -0.05) is 12.1 Å². The molecular weight excluding hydrogens is 301 g/mol. The van der Waals surface area contributed by atoms with Crippen molar-refractivity contribution in [3.63, 3.8) is 0 Å². The van der Waals surface area contributed by atoms with E-state index < -0.39 is 29.0 Å². The van der Waals surface area contributed by atoms with Gasteiger partial charge in [-0.3, -0.25) is 4.90 Å². The first kappa shape index (κ1) is 17.2. The number of likely N-dealkylation sites (tertiary alicyclic amines) is 1. The maximum atomic E-state index is 13.2. The number of hydrogen-bond donors (Lipinski definition) is 0. The Balaban J connectivity index is 2.46. The molecule has 1 aliphatic heterocycles. The number of rotatable bonds is 2. The molecule has 0 saturated carbocycles. The number of carbonyl (C=O) groups excluding carboxylic acids is 2. The van der Waals surface area contributed by atoms with E-state index in [1.807, 2.05) is 0 Å². The minimum atomic E-state index is -1.27. The molecule has 1 aromatic rings. The fourth-order valence-corrected chi connectivity index (χ4v) is 2.91. The van der Waals surface area contributed by atoms with E-state index in [-0.39, 0.29) is 0 Å². The molecule has 2 rings (SSSR count). The molecule has 23 heavy (non-hydrogen) atoms. The van der Waals surface area contributed by atoms with Crippen LogP contribution in [0.1, 0.15) is 39.2 Å². The monoisotopic (exact) mass is 323 g/mol. The van der Waals surface area contributed by atoms with Crippen LogP contribution in [0, 0.1) is 5.82 Å². The van der Waals surface area contributed by atoms with Gasteiger partial charge in [0.2, 0.25) is 0 Å². The average Bonchev–Trinajstić information content (AvgIpc) is 2.91. The van der Waals surface area contributed by atoms with Crippen molar-refractivity contribution in [3.05, 3.63) is 35.6 Å². The predicted molar refractivity (Wildman–Crippen MR) is 82.3 cm³/mol. The van der Waals surface area contributed by atoms with Crippen LogP contribution in [-0.4, -0.2) is 36.2 Å². The maximum Gasteiger partial charge on any atom is 0.411 e. The van der Waals surface area contributed by atoms with Gasteiger partial charge in [-0.15, -0.1) is 0 Å². The summed E-state index contributed by atoms with van der Waals surface area (Å²) >= 11 is 0. The van der Waals surface area contributed by atoms with Gasteiger partial charge in [0.15, 0.2) is 5.54 Å². The van der Waals surface area contributed by atoms with Crippen LogP contribution in [0.3, 0.4) is 0 Å². The third kappa shape index (κ3) is 3.30. The Hall–Kier alpha value is -2.11. The molecule has 0 N–H and O–H groups in total. The number of ether oxygens (including phenoxy) is 2. The average molecular weight is 323 g/mol. The van der Waals surface area contributed by atoms with Crippen LogP contribution in [-0.2, 0) is 19.8 Å². The number of benzene rings is 1. The van der Waals surface area contributed by atoms with Gasteiger partial charge >= 0.3 is 12.1 Å². The normalized spacial score (nSPS) is 21.2. The van der Waals surface area contributed by atoms with E-state index in [0.717, 1.165) is 0 Å². The highest BCUT2D eigenvalue weighted by Gasteiger charge is 2.53. The minimum absolute atomic E-state index is 0.376. The summed E-state index contributed by atoms with van der Waals surface area (Å²) in [4.78, 5) is 26.5. The standard InChI is InChI=1S/C17H22FNO4/c1-16(2,3)23-15(21)19-11-5-10-17(19,14(20)22-4)12-6-8-13(18)9-7-12/h6-9H,5,10-11H2,1-4H3. The Kier molecular flexibility index (Phi) is 4.63. The Morgan fingerprint density at radius 1 is 1.22 bits per heavy atom. The third-order valence-corrected chi connectivity index (χ3v) is 3.84. The van der Waals surface area contributed by atoms with Gasteiger partial charge in [0.1, 0.15) is 11.4 Å². The van der Waals surface area contributed by atoms with E-state index in [1.165, 1.54) is 36.3 Å². The summed E-state index contributed by atoms with van der Waals surface area (Å²) in [6.07, 6.45) is 0.459. The number of nitrogens with zero attached hydrogens (tertiary/aromatic N) is 1. The molecule has 0 spiro atoms. The summed E-state index contributed by atoms with van der Waals surface area (Å²) in [5.74, 6) is -0.956. The van der Waals surface area contributed by atoms with Crippen LogP contribution in [0.15, 0.2) is 24.3 Å². The van der Waals surface area contributed by atoms with E-state index in [0.29, 0.717) is 24.9 Å². The summed E-state index contributed by atoms with van der Waals surface area (Å²) in [7, 11) is 1.28. The molecule has 0 aliphatic carbocycles. The van der Waals surface area contributed by atoms with Crippen LogP contribution in [0.5, 0.6) is 0 Å². The maximum absolute atomic E-state index is 13.2. The first-order chi connectivity index (χ1) is 10.7. The van der Waals surface area contributed by atoms with Crippen LogP contribution in [0.2, 0.25) is 0 Å². The molecule has 126 valence electrons. The molecule has 0 aromatic heterocycles. The lowest BCUT2D eigenvalue weighted by atomic mass is 9.87. The van der Waals surface area contributed by atoms with Crippen molar-refractivity contribution < 1.29 is 23.5 Å². The number of carbonyl (C=O) groups is 2. The molecule has 5 nitrogen and oxygen atoms in total. The predicted octanol–water partition coefficient (Wildman–Crippen LogP) is 3.22. The summed E-state index contributed by atoms with van der Waals surface area (Å²) < 4.78 is 23.6. The lowest BCUT2D eigenvalue weighted by Crippen LogP contribution is -2.52. The van der Waals surface area contributed by atoms with Crippen molar-refractivity contribution in [3.8, 4) is 0 Å². The lowest BCUT2D eigenvalue weighted by molar-refractivity contribution is -0.154. The Morgan fingerprint density at radius 2 is 1.83 bits per heavy atom. The molecule has 1 atom stereocenters. The third-order valence-electron chi connectivity index (χ3n) is 3.84. The first-order valence-electron chi connectivity index (χ1n) is 7.56. The fraction of sp³-hybridized carbons (Fsp3) is 0.529. The first-order valence-corrected chi connectivity index (χ1v) is 7.56. The Labute approximate surface area is 135 Å². The largest absolute Gasteiger partial charge is 0.467 e. The molecule has 0 radical (unpaired) electrons. The topological polar surface area (TPSA) is 55.8 Å². The van der Waals surface area contributed by atoms with Crippen molar-refractivity contribution in [2.75, 3.05) is 13.7 Å². The van der Waals surface area contributed by atoms with Gasteiger partial charge in [-0.25, -0.2) is 14.0 Å². The van der Waals surface area contributed by atoms with Crippen LogP contribution in [0.25, 0.3) is 0 Å². The summed E-state index contributed by atoms with van der Waals surface area (Å²) in [6.45, 7) is 5.66. The fourth-order valence-electron chi connectivity index (χ4n) is 2.91. The quantitative estimate of drug-likeness (QED) is 0.784. The number of methoxy groups -OCH3 is 1. The Bertz CT molecular complexity index is 594. The zero-order chi connectivity index (χ0) is 17.3. The van der Waals surface area contributed by atoms with Crippen molar-refractivity contribution in [1.82, 2.24) is 4.90 Å². The molecule has 1 heterocycles. The molecule has 1 fully saturated rings. The zero-order valence-electron chi connectivity index (χ0n) is 13.9. The van der Waals surface area contributed by atoms with Gasteiger partial charge in [0.05, 0.1) is 7.11 Å². The van der Waals surface area contributed by atoms with E-state index in [9.17, 15) is 14.0 Å². The SMILES string of the molecule is COC(=O)C1(c2ccc(F)cc2)CCCN1C(=O)OC(C)(C)C. The molecule has 1 aliphatic rings. The summed E-state index contributed by atoms with van der Waals surface area (Å²) in [6, 6.07) is 5.56. The second-order valence-corrected chi connectivity index (χ2v) is 6.59. The second kappa shape index (κ2) is 6.18. The van der Waals surface area contributed by atoms with Gasteiger partial charge in [-0.05, 0) is 51.3 Å². The highest BCUT2D eigenvalue weighted by molar-refractivity contribution is 5.88. The number of esters is 1. The Morgan fingerprint density at radius 3 is 2.35 bits per heavy atom. The van der Waals surface area contributed by atoms with Gasteiger partial charge < -0.3 is 9.47 Å². The molecular formula is C17H22FNO4. The van der Waals surface area contributed by atoms with Gasteiger partial charge in [-0.2, -0.15) is 0 Å². The molecule has 1 unspecified atom stereocenters. The van der Waals surface area contributed by atoms with Crippen molar-refractivity contribution in [1.29, 1.82) is 0 Å². The minimum Gasteiger partial charge on any atom is -0.467 e. The zero-order valence-corrected chi connectivity index (χ0v) is 13.9. The van der Waals surface area contributed by atoms with E-state index >= 15 is 0 Å². The van der Waals surface area contributed by atoms with Crippen molar-refractivity contribution >= 4 is 12.1 Å². The van der Waals surface area contributed by atoms with E-state index in [2.05, 4.69) is 0 Å². The highest BCUT2D eigenvalue weighted by atomic mass is 19.1. The smallest absolute Gasteiger partial charge is 0.411 e. The summed E-state index contributed by atoms with van der Waals surface area (Å²) in [5, 5.41) is 0. The van der Waals surface area contributed by atoms with Crippen LogP contribution < -0.4 is 0 Å². The highest BCUT2D eigenvalue weighted by Crippen LogP contribution is 2.41. The lowest BCUT2D eigenvalue weighted by Gasteiger charge is -2.37. The van der Waals surface area contributed by atoms with Crippen molar-refractivity contribution in [2.45, 2.75) is 44.8 Å². The molecule has 6 heteroatoms. The number of halogens is 1. The number of hydrogen-bond acceptors (Lipinski definition) is 4. The van der Waals surface area contributed by atoms with Crippen molar-refractivity contribution in [2.24, 2.45) is 0 Å². The van der Waals surface area contributed by atoms with E-state index in [1.54, 1.807) is 20.8 Å². The number of amides is 1. The van der Waals surface area contributed by atoms with Crippen LogP contribution >= 0.6 is 0 Å². The molecule has 1 aromatic carbocycles. The van der Waals surface area contributed by atoms with Crippen LogP contribution in [0.4, 0.5) is 9.18 Å². The second-order valence-electron chi connectivity index (χ2n) is 6.59.